The van der Waals surface area contributed by atoms with Gasteiger partial charge in [0.1, 0.15) is 5.41 Å². The number of aliphatic hydroxyl groups is 1. The van der Waals surface area contributed by atoms with Crippen LogP contribution >= 0.6 is 0 Å². The smallest absolute Gasteiger partial charge is 0.312 e. The molecule has 0 bridgehead atoms. The molecule has 5 heteroatoms. The first-order valence-corrected chi connectivity index (χ1v) is 6.56. The molecular weight excluding hydrogens is 260 g/mol. The third kappa shape index (κ3) is 2.92. The molecule has 0 aliphatic heterocycles. The first-order valence-electron chi connectivity index (χ1n) is 6.56. The van der Waals surface area contributed by atoms with Gasteiger partial charge in [0.05, 0.1) is 0 Å². The van der Waals surface area contributed by atoms with E-state index in [1.54, 1.807) is 41.5 Å². The largest absolute Gasteiger partial charge is 0.481 e. The van der Waals surface area contributed by atoms with E-state index < -0.39 is 39.4 Å². The first kappa shape index (κ1) is 18.8. The molecule has 5 nitrogen and oxygen atoms in total. The quantitative estimate of drug-likeness (QED) is 0.772. The van der Waals surface area contributed by atoms with E-state index in [0.717, 1.165) is 0 Å². The number of hydrogen-bond donors (Lipinski definition) is 2. The van der Waals surface area contributed by atoms with Crippen LogP contribution < -0.4 is 0 Å². The predicted octanol–water partition coefficient (Wildman–Crippen LogP) is 2.06. The van der Waals surface area contributed by atoms with Crippen molar-refractivity contribution in [1.82, 2.24) is 0 Å². The maximum atomic E-state index is 12.6. The molecule has 0 aromatic heterocycles. The Balaban J connectivity index is 6.32. The van der Waals surface area contributed by atoms with E-state index in [4.69, 9.17) is 0 Å². The van der Waals surface area contributed by atoms with Crippen molar-refractivity contribution in [2.75, 3.05) is 0 Å². The minimum absolute atomic E-state index is 0.780. The second-order valence-electron chi connectivity index (χ2n) is 7.80. The molecule has 0 spiro atoms. The third-order valence-corrected chi connectivity index (χ3v) is 3.46. The van der Waals surface area contributed by atoms with Crippen molar-refractivity contribution in [3.8, 4) is 0 Å². The summed E-state index contributed by atoms with van der Waals surface area (Å²) in [5.41, 5.74) is -6.57. The van der Waals surface area contributed by atoms with Gasteiger partial charge in [-0.15, -0.1) is 0 Å². The van der Waals surface area contributed by atoms with Crippen molar-refractivity contribution in [2.45, 2.75) is 61.0 Å². The molecule has 0 heterocycles. The van der Waals surface area contributed by atoms with Crippen LogP contribution in [0.4, 0.5) is 0 Å². The van der Waals surface area contributed by atoms with E-state index >= 15 is 0 Å². The molecule has 0 aliphatic rings. The molecule has 0 unspecified atom stereocenters. The van der Waals surface area contributed by atoms with Crippen molar-refractivity contribution in [2.24, 2.45) is 16.2 Å². The van der Waals surface area contributed by atoms with Gasteiger partial charge in [-0.2, -0.15) is 0 Å². The number of aliphatic carboxylic acids is 1. The molecule has 0 fully saturated rings. The molecule has 0 atom stereocenters. The van der Waals surface area contributed by atoms with Crippen LogP contribution in [-0.4, -0.2) is 33.3 Å². The number of ketones is 2. The van der Waals surface area contributed by atoms with Crippen LogP contribution in [0.2, 0.25) is 0 Å². The summed E-state index contributed by atoms with van der Waals surface area (Å²) in [6.07, 6.45) is 0. The van der Waals surface area contributed by atoms with Gasteiger partial charge in [0, 0.05) is 10.8 Å². The van der Waals surface area contributed by atoms with E-state index in [9.17, 15) is 24.6 Å². The van der Waals surface area contributed by atoms with Gasteiger partial charge in [0.2, 0.25) is 0 Å². The predicted molar refractivity (Wildman–Crippen MR) is 75.3 cm³/mol. The Hall–Kier alpha value is -1.23. The van der Waals surface area contributed by atoms with Crippen LogP contribution in [0.1, 0.15) is 55.4 Å². The Kier molecular flexibility index (Phi) is 4.65. The van der Waals surface area contributed by atoms with E-state index in [1.807, 2.05) is 0 Å². The second kappa shape index (κ2) is 4.95. The maximum absolute atomic E-state index is 12.6. The van der Waals surface area contributed by atoms with Crippen LogP contribution in [0.3, 0.4) is 0 Å². The fraction of sp³-hybridized carbons (Fsp3) is 0.800. The lowest BCUT2D eigenvalue weighted by molar-refractivity contribution is -0.185. The van der Waals surface area contributed by atoms with Crippen molar-refractivity contribution in [3.63, 3.8) is 0 Å². The van der Waals surface area contributed by atoms with Gasteiger partial charge in [-0.25, -0.2) is 0 Å². The highest BCUT2D eigenvalue weighted by molar-refractivity contribution is 6.17. The summed E-state index contributed by atoms with van der Waals surface area (Å²) in [5.74, 6) is -2.95. The minimum Gasteiger partial charge on any atom is -0.481 e. The summed E-state index contributed by atoms with van der Waals surface area (Å²) >= 11 is 0. The van der Waals surface area contributed by atoms with E-state index in [2.05, 4.69) is 0 Å². The number of carbonyl (C=O) groups excluding carboxylic acids is 2. The fourth-order valence-corrected chi connectivity index (χ4v) is 1.91. The van der Waals surface area contributed by atoms with Crippen molar-refractivity contribution in [1.29, 1.82) is 0 Å². The summed E-state index contributed by atoms with van der Waals surface area (Å²) < 4.78 is 0. The van der Waals surface area contributed by atoms with Crippen molar-refractivity contribution >= 4 is 17.5 Å². The minimum atomic E-state index is -2.57. The molecule has 0 amide bonds. The summed E-state index contributed by atoms with van der Waals surface area (Å²) in [4.78, 5) is 36.6. The lowest BCUT2D eigenvalue weighted by atomic mass is 9.60. The van der Waals surface area contributed by atoms with Crippen LogP contribution in [-0.2, 0) is 14.4 Å². The third-order valence-electron chi connectivity index (χ3n) is 3.46. The first-order chi connectivity index (χ1) is 8.50. The maximum Gasteiger partial charge on any atom is 0.312 e. The molecule has 0 saturated heterocycles. The summed E-state index contributed by atoms with van der Waals surface area (Å²) in [5, 5.41) is 20.2. The summed E-state index contributed by atoms with van der Waals surface area (Å²) in [6.45, 7) is 11.7. The number of carboxylic acids is 1. The zero-order valence-corrected chi connectivity index (χ0v) is 13.6. The average molecular weight is 286 g/mol. The molecular formula is C15H26O5. The Labute approximate surface area is 120 Å². The lowest BCUT2D eigenvalue weighted by Gasteiger charge is -2.43. The molecule has 0 aromatic rings. The number of carbonyl (C=O) groups is 3. The van der Waals surface area contributed by atoms with Crippen LogP contribution in [0.25, 0.3) is 0 Å². The van der Waals surface area contributed by atoms with Gasteiger partial charge in [-0.05, 0) is 13.8 Å². The standard InChI is InChI=1S/C15H26O5/c1-12(2,3)9(16)15(20,10(17)13(4,5)6)14(7,8)11(18)19/h20H,1-8H3,(H,18,19). The van der Waals surface area contributed by atoms with Gasteiger partial charge in [0.25, 0.3) is 0 Å². The van der Waals surface area contributed by atoms with Gasteiger partial charge in [-0.3, -0.25) is 14.4 Å². The molecule has 0 aliphatic carbocycles. The van der Waals surface area contributed by atoms with Crippen LogP contribution in [0.15, 0.2) is 0 Å². The van der Waals surface area contributed by atoms with E-state index in [1.165, 1.54) is 13.8 Å². The fourth-order valence-electron chi connectivity index (χ4n) is 1.91. The SMILES string of the molecule is CC(C)(C)C(=O)C(O)(C(=O)C(C)(C)C)C(C)(C)C(=O)O. The highest BCUT2D eigenvalue weighted by Gasteiger charge is 2.63. The Morgan fingerprint density at radius 1 is 0.700 bits per heavy atom. The molecule has 0 rings (SSSR count). The van der Waals surface area contributed by atoms with Crippen LogP contribution in [0, 0.1) is 16.2 Å². The normalized spacial score (nSPS) is 14.1. The zero-order valence-electron chi connectivity index (χ0n) is 13.6. The number of carboxylic acid groups (broad SMARTS) is 1. The van der Waals surface area contributed by atoms with Gasteiger partial charge in [-0.1, -0.05) is 41.5 Å². The van der Waals surface area contributed by atoms with Gasteiger partial charge in [0.15, 0.2) is 17.2 Å². The highest BCUT2D eigenvalue weighted by Crippen LogP contribution is 2.42. The summed E-state index contributed by atoms with van der Waals surface area (Å²) in [7, 11) is 0. The summed E-state index contributed by atoms with van der Waals surface area (Å²) in [6, 6.07) is 0. The number of rotatable bonds is 4. The number of Topliss-reactive ketones (excluding diaryl/α,β-unsaturated/α-hetero) is 2. The van der Waals surface area contributed by atoms with Crippen LogP contribution in [0.5, 0.6) is 0 Å². The van der Waals surface area contributed by atoms with E-state index in [-0.39, 0.29) is 0 Å². The lowest BCUT2D eigenvalue weighted by Crippen LogP contribution is -2.65. The molecule has 116 valence electrons. The highest BCUT2D eigenvalue weighted by atomic mass is 16.4. The van der Waals surface area contributed by atoms with Crippen molar-refractivity contribution < 1.29 is 24.6 Å². The Morgan fingerprint density at radius 3 is 1.10 bits per heavy atom. The molecule has 0 aromatic carbocycles. The molecule has 2 N–H and O–H groups in total. The molecule has 20 heavy (non-hydrogen) atoms. The Bertz CT molecular complexity index is 406. The topological polar surface area (TPSA) is 91.7 Å². The van der Waals surface area contributed by atoms with Gasteiger partial charge >= 0.3 is 5.97 Å². The zero-order chi connectivity index (χ0) is 16.7. The second-order valence-corrected chi connectivity index (χ2v) is 7.80. The van der Waals surface area contributed by atoms with Gasteiger partial charge < -0.3 is 10.2 Å². The monoisotopic (exact) mass is 286 g/mol. The van der Waals surface area contributed by atoms with Crippen molar-refractivity contribution in [3.05, 3.63) is 0 Å². The molecule has 0 saturated carbocycles. The average Bonchev–Trinajstić information content (AvgIpc) is 2.22. The Morgan fingerprint density at radius 2 is 0.950 bits per heavy atom. The molecule has 0 radical (unpaired) electrons. The number of hydrogen-bond acceptors (Lipinski definition) is 4. The van der Waals surface area contributed by atoms with E-state index in [0.29, 0.717) is 0 Å².